The molecule has 3 N–H and O–H groups in total. The van der Waals surface area contributed by atoms with Crippen LogP contribution in [-0.2, 0) is 6.54 Å². The molecule has 0 fully saturated rings. The Hall–Kier alpha value is -1.74. The molecule has 1 aromatic heterocycles. The van der Waals surface area contributed by atoms with E-state index in [-0.39, 0.29) is 0 Å². The normalized spacial score (nSPS) is 10.4. The predicted octanol–water partition coefficient (Wildman–Crippen LogP) is 2.46. The van der Waals surface area contributed by atoms with Gasteiger partial charge in [-0.1, -0.05) is 11.6 Å². The summed E-state index contributed by atoms with van der Waals surface area (Å²) in [6, 6.07) is 6.14. The molecule has 3 heteroatoms. The molecule has 1 heterocycles. The molecule has 0 saturated heterocycles. The maximum absolute atomic E-state index is 5.70. The number of rotatable bonds is 3. The van der Waals surface area contributed by atoms with Crippen molar-refractivity contribution < 1.29 is 4.74 Å². The third-order valence-corrected chi connectivity index (χ3v) is 2.70. The van der Waals surface area contributed by atoms with Crippen LogP contribution in [0.15, 0.2) is 30.6 Å². The Morgan fingerprint density at radius 3 is 2.75 bits per heavy atom. The second kappa shape index (κ2) is 4.41. The molecular formula is C13H16N2O. The third kappa shape index (κ3) is 1.82. The van der Waals surface area contributed by atoms with Crippen molar-refractivity contribution in [1.29, 1.82) is 0 Å². The molecule has 0 unspecified atom stereocenters. The topological polar surface area (TPSA) is 51.0 Å². The fraction of sp³-hybridized carbons (Fsp3) is 0.231. The van der Waals surface area contributed by atoms with Crippen molar-refractivity contribution in [2.75, 3.05) is 7.11 Å². The summed E-state index contributed by atoms with van der Waals surface area (Å²) < 4.78 is 5.37. The molecular weight excluding hydrogens is 200 g/mol. The maximum atomic E-state index is 5.70. The first-order chi connectivity index (χ1) is 7.76. The Labute approximate surface area is 95.2 Å². The highest BCUT2D eigenvalue weighted by molar-refractivity contribution is 5.73. The minimum atomic E-state index is 0.524. The maximum Gasteiger partial charge on any atom is 0.126 e. The molecule has 0 aliphatic carbocycles. The van der Waals surface area contributed by atoms with E-state index >= 15 is 0 Å². The van der Waals surface area contributed by atoms with Crippen molar-refractivity contribution in [2.45, 2.75) is 13.5 Å². The van der Waals surface area contributed by atoms with Gasteiger partial charge in [0.05, 0.1) is 7.11 Å². The SMILES string of the molecule is COc1ccc(C)cc1-c1c[nH]cc1CN. The fourth-order valence-electron chi connectivity index (χ4n) is 1.85. The van der Waals surface area contributed by atoms with Gasteiger partial charge in [-0.25, -0.2) is 0 Å². The number of ether oxygens (including phenoxy) is 1. The highest BCUT2D eigenvalue weighted by Crippen LogP contribution is 2.32. The molecule has 2 aromatic rings. The van der Waals surface area contributed by atoms with Crippen LogP contribution in [0.2, 0.25) is 0 Å². The number of aromatic nitrogens is 1. The van der Waals surface area contributed by atoms with E-state index in [4.69, 9.17) is 10.5 Å². The summed E-state index contributed by atoms with van der Waals surface area (Å²) in [5.74, 6) is 0.875. The van der Waals surface area contributed by atoms with Gasteiger partial charge in [0, 0.05) is 30.1 Å². The monoisotopic (exact) mass is 216 g/mol. The number of methoxy groups -OCH3 is 1. The lowest BCUT2D eigenvalue weighted by Crippen LogP contribution is -1.97. The van der Waals surface area contributed by atoms with Gasteiger partial charge >= 0.3 is 0 Å². The van der Waals surface area contributed by atoms with Gasteiger partial charge in [-0.05, 0) is 24.6 Å². The standard InChI is InChI=1S/C13H16N2O/c1-9-3-4-13(16-2)11(5-9)12-8-15-7-10(12)6-14/h3-5,7-8,15H,6,14H2,1-2H3. The number of benzene rings is 1. The quantitative estimate of drug-likeness (QED) is 0.828. The van der Waals surface area contributed by atoms with E-state index in [1.807, 2.05) is 24.5 Å². The van der Waals surface area contributed by atoms with Crippen molar-refractivity contribution in [3.8, 4) is 16.9 Å². The van der Waals surface area contributed by atoms with Crippen LogP contribution in [0, 0.1) is 6.92 Å². The Morgan fingerprint density at radius 2 is 2.06 bits per heavy atom. The summed E-state index contributed by atoms with van der Waals surface area (Å²) in [7, 11) is 1.68. The van der Waals surface area contributed by atoms with Gasteiger partial charge in [0.2, 0.25) is 0 Å². The van der Waals surface area contributed by atoms with Crippen molar-refractivity contribution in [1.82, 2.24) is 4.98 Å². The Morgan fingerprint density at radius 1 is 1.25 bits per heavy atom. The molecule has 0 amide bonds. The second-order valence-corrected chi connectivity index (χ2v) is 3.80. The van der Waals surface area contributed by atoms with Gasteiger partial charge in [0.15, 0.2) is 0 Å². The summed E-state index contributed by atoms with van der Waals surface area (Å²) in [6.45, 7) is 2.59. The van der Waals surface area contributed by atoms with Gasteiger partial charge in [0.1, 0.15) is 5.75 Å². The number of nitrogens with two attached hydrogens (primary N) is 1. The molecule has 2 rings (SSSR count). The van der Waals surface area contributed by atoms with E-state index in [1.54, 1.807) is 7.11 Å². The van der Waals surface area contributed by atoms with Crippen molar-refractivity contribution in [2.24, 2.45) is 5.73 Å². The van der Waals surface area contributed by atoms with Gasteiger partial charge in [-0.2, -0.15) is 0 Å². The van der Waals surface area contributed by atoms with Gasteiger partial charge in [-0.3, -0.25) is 0 Å². The smallest absolute Gasteiger partial charge is 0.126 e. The summed E-state index contributed by atoms with van der Waals surface area (Å²) in [4.78, 5) is 3.08. The van der Waals surface area contributed by atoms with Crippen LogP contribution in [-0.4, -0.2) is 12.1 Å². The van der Waals surface area contributed by atoms with E-state index in [0.717, 1.165) is 22.4 Å². The van der Waals surface area contributed by atoms with Gasteiger partial charge < -0.3 is 15.5 Å². The molecule has 0 bridgehead atoms. The van der Waals surface area contributed by atoms with Crippen LogP contribution in [0.5, 0.6) is 5.75 Å². The van der Waals surface area contributed by atoms with Crippen LogP contribution in [0.3, 0.4) is 0 Å². The fourth-order valence-corrected chi connectivity index (χ4v) is 1.85. The number of nitrogens with one attached hydrogen (secondary N) is 1. The molecule has 3 nitrogen and oxygen atoms in total. The van der Waals surface area contributed by atoms with E-state index in [2.05, 4.69) is 18.0 Å². The summed E-state index contributed by atoms with van der Waals surface area (Å²) in [6.07, 6.45) is 3.89. The Bertz CT molecular complexity index is 488. The zero-order valence-electron chi connectivity index (χ0n) is 9.58. The molecule has 0 radical (unpaired) electrons. The molecule has 0 atom stereocenters. The summed E-state index contributed by atoms with van der Waals surface area (Å²) in [5.41, 5.74) is 10.2. The minimum Gasteiger partial charge on any atom is -0.496 e. The lowest BCUT2D eigenvalue weighted by Gasteiger charge is -2.09. The van der Waals surface area contributed by atoms with E-state index in [1.165, 1.54) is 5.56 Å². The first-order valence-electron chi connectivity index (χ1n) is 5.27. The number of hydrogen-bond donors (Lipinski definition) is 2. The second-order valence-electron chi connectivity index (χ2n) is 3.80. The van der Waals surface area contributed by atoms with Crippen LogP contribution in [0.25, 0.3) is 11.1 Å². The van der Waals surface area contributed by atoms with E-state index in [9.17, 15) is 0 Å². The minimum absolute atomic E-state index is 0.524. The molecule has 84 valence electrons. The molecule has 0 aliphatic heterocycles. The average Bonchev–Trinajstić information content (AvgIpc) is 2.76. The number of aryl methyl sites for hydroxylation is 1. The first-order valence-corrected chi connectivity index (χ1v) is 5.27. The van der Waals surface area contributed by atoms with Crippen molar-refractivity contribution >= 4 is 0 Å². The lowest BCUT2D eigenvalue weighted by molar-refractivity contribution is 0.416. The highest BCUT2D eigenvalue weighted by atomic mass is 16.5. The zero-order valence-corrected chi connectivity index (χ0v) is 9.58. The average molecular weight is 216 g/mol. The molecule has 0 saturated carbocycles. The van der Waals surface area contributed by atoms with Gasteiger partial charge in [-0.15, -0.1) is 0 Å². The van der Waals surface area contributed by atoms with Crippen LogP contribution in [0.1, 0.15) is 11.1 Å². The predicted molar refractivity (Wildman–Crippen MR) is 65.4 cm³/mol. The molecule has 16 heavy (non-hydrogen) atoms. The van der Waals surface area contributed by atoms with Crippen LogP contribution in [0.4, 0.5) is 0 Å². The molecule has 0 aliphatic rings. The summed E-state index contributed by atoms with van der Waals surface area (Å²) >= 11 is 0. The molecule has 0 spiro atoms. The number of aromatic amines is 1. The van der Waals surface area contributed by atoms with Crippen molar-refractivity contribution in [3.05, 3.63) is 41.7 Å². The van der Waals surface area contributed by atoms with E-state index in [0.29, 0.717) is 6.54 Å². The molecule has 1 aromatic carbocycles. The zero-order chi connectivity index (χ0) is 11.5. The lowest BCUT2D eigenvalue weighted by atomic mass is 10.0. The first kappa shape index (κ1) is 10.8. The van der Waals surface area contributed by atoms with Crippen LogP contribution < -0.4 is 10.5 Å². The van der Waals surface area contributed by atoms with Crippen molar-refractivity contribution in [3.63, 3.8) is 0 Å². The van der Waals surface area contributed by atoms with Gasteiger partial charge in [0.25, 0.3) is 0 Å². The Kier molecular flexibility index (Phi) is 2.97. The van der Waals surface area contributed by atoms with Crippen LogP contribution >= 0.6 is 0 Å². The highest BCUT2D eigenvalue weighted by Gasteiger charge is 2.10. The Balaban J connectivity index is 2.58. The third-order valence-electron chi connectivity index (χ3n) is 2.70. The number of hydrogen-bond acceptors (Lipinski definition) is 2. The largest absolute Gasteiger partial charge is 0.496 e. The summed E-state index contributed by atoms with van der Waals surface area (Å²) in [5, 5.41) is 0. The number of H-pyrrole nitrogens is 1. The van der Waals surface area contributed by atoms with E-state index < -0.39 is 0 Å².